The van der Waals surface area contributed by atoms with Crippen LogP contribution in [0.25, 0.3) is 16.7 Å². The first-order chi connectivity index (χ1) is 9.72. The normalized spacial score (nSPS) is 13.8. The molecule has 3 heteroatoms. The van der Waals surface area contributed by atoms with Crippen LogP contribution in [0.15, 0.2) is 36.4 Å². The van der Waals surface area contributed by atoms with E-state index in [2.05, 4.69) is 48.3 Å². The molecule has 1 aliphatic carbocycles. The first-order valence-corrected chi connectivity index (χ1v) is 7.09. The quantitative estimate of drug-likeness (QED) is 0.731. The highest BCUT2D eigenvalue weighted by Crippen LogP contribution is 2.28. The summed E-state index contributed by atoms with van der Waals surface area (Å²) in [6, 6.07) is 12.9. The summed E-state index contributed by atoms with van der Waals surface area (Å²) in [5.41, 5.74) is 13.4. The molecule has 0 bridgehead atoms. The number of imidazole rings is 1. The van der Waals surface area contributed by atoms with E-state index in [-0.39, 0.29) is 0 Å². The van der Waals surface area contributed by atoms with Gasteiger partial charge >= 0.3 is 0 Å². The molecule has 0 unspecified atom stereocenters. The Morgan fingerprint density at radius 1 is 1.05 bits per heavy atom. The second-order valence-electron chi connectivity index (χ2n) is 5.60. The Bertz CT molecular complexity index is 814. The largest absolute Gasteiger partial charge is 0.369 e. The first kappa shape index (κ1) is 11.5. The van der Waals surface area contributed by atoms with Crippen LogP contribution < -0.4 is 5.73 Å². The number of benzene rings is 2. The molecule has 3 aromatic rings. The van der Waals surface area contributed by atoms with E-state index in [1.165, 1.54) is 36.0 Å². The number of nitrogens with two attached hydrogens (primary N) is 1. The highest BCUT2D eigenvalue weighted by atomic mass is 15.2. The van der Waals surface area contributed by atoms with Crippen molar-refractivity contribution in [2.24, 2.45) is 0 Å². The lowest BCUT2D eigenvalue weighted by atomic mass is 10.1. The van der Waals surface area contributed by atoms with Crippen LogP contribution in [0.2, 0.25) is 0 Å². The Kier molecular flexibility index (Phi) is 2.36. The van der Waals surface area contributed by atoms with Gasteiger partial charge < -0.3 is 5.73 Å². The minimum Gasteiger partial charge on any atom is -0.369 e. The molecule has 0 saturated carbocycles. The third-order valence-corrected chi connectivity index (χ3v) is 4.18. The zero-order chi connectivity index (χ0) is 13.7. The molecule has 20 heavy (non-hydrogen) atoms. The number of rotatable bonds is 1. The van der Waals surface area contributed by atoms with Gasteiger partial charge in [0.05, 0.1) is 11.0 Å². The molecule has 0 atom stereocenters. The lowest BCUT2D eigenvalue weighted by Gasteiger charge is -2.09. The molecular formula is C17H17N3. The third-order valence-electron chi connectivity index (χ3n) is 4.18. The van der Waals surface area contributed by atoms with Gasteiger partial charge in [-0.05, 0) is 67.1 Å². The molecule has 0 fully saturated rings. The Balaban J connectivity index is 1.96. The fraction of sp³-hybridized carbons (Fsp3) is 0.235. The van der Waals surface area contributed by atoms with Gasteiger partial charge in [0.2, 0.25) is 5.95 Å². The molecule has 2 N–H and O–H groups in total. The van der Waals surface area contributed by atoms with Gasteiger partial charge in [0.25, 0.3) is 0 Å². The maximum atomic E-state index is 6.13. The summed E-state index contributed by atoms with van der Waals surface area (Å²) in [6.45, 7) is 2.07. The molecule has 1 aliphatic rings. The Morgan fingerprint density at radius 3 is 2.80 bits per heavy atom. The molecule has 100 valence electrons. The Labute approximate surface area is 118 Å². The van der Waals surface area contributed by atoms with Gasteiger partial charge in [-0.15, -0.1) is 0 Å². The number of nitrogen functional groups attached to an aromatic ring is 1. The number of nitrogens with zero attached hydrogens (tertiary/aromatic N) is 2. The van der Waals surface area contributed by atoms with Gasteiger partial charge in [-0.3, -0.25) is 4.57 Å². The molecule has 2 aromatic carbocycles. The van der Waals surface area contributed by atoms with Crippen molar-refractivity contribution >= 4 is 17.0 Å². The van der Waals surface area contributed by atoms with E-state index in [1.54, 1.807) is 0 Å². The van der Waals surface area contributed by atoms with Crippen LogP contribution in [0, 0.1) is 6.92 Å². The number of hydrogen-bond acceptors (Lipinski definition) is 2. The average molecular weight is 263 g/mol. The van der Waals surface area contributed by atoms with Crippen molar-refractivity contribution in [2.45, 2.75) is 26.2 Å². The molecule has 0 saturated heterocycles. The summed E-state index contributed by atoms with van der Waals surface area (Å²) in [5.74, 6) is 0.559. The van der Waals surface area contributed by atoms with E-state index in [0.29, 0.717) is 5.95 Å². The topological polar surface area (TPSA) is 43.8 Å². The zero-order valence-electron chi connectivity index (χ0n) is 11.6. The summed E-state index contributed by atoms with van der Waals surface area (Å²) in [6.07, 6.45) is 3.64. The number of aryl methyl sites for hydroxylation is 3. The summed E-state index contributed by atoms with van der Waals surface area (Å²) in [4.78, 5) is 4.48. The lowest BCUT2D eigenvalue weighted by Crippen LogP contribution is -2.01. The third kappa shape index (κ3) is 1.63. The van der Waals surface area contributed by atoms with Crippen molar-refractivity contribution in [2.75, 3.05) is 5.73 Å². The van der Waals surface area contributed by atoms with E-state index < -0.39 is 0 Å². The predicted molar refractivity (Wildman–Crippen MR) is 82.2 cm³/mol. The van der Waals surface area contributed by atoms with Crippen LogP contribution in [-0.4, -0.2) is 9.55 Å². The predicted octanol–water partition coefficient (Wildman–Crippen LogP) is 3.40. The monoisotopic (exact) mass is 263 g/mol. The summed E-state index contributed by atoms with van der Waals surface area (Å²) in [7, 11) is 0. The van der Waals surface area contributed by atoms with E-state index in [9.17, 15) is 0 Å². The van der Waals surface area contributed by atoms with Gasteiger partial charge in [0.15, 0.2) is 0 Å². The highest BCUT2D eigenvalue weighted by molar-refractivity contribution is 5.81. The minimum absolute atomic E-state index is 0.559. The van der Waals surface area contributed by atoms with Crippen molar-refractivity contribution in [3.63, 3.8) is 0 Å². The minimum atomic E-state index is 0.559. The Hall–Kier alpha value is -2.29. The van der Waals surface area contributed by atoms with Gasteiger partial charge in [-0.1, -0.05) is 12.1 Å². The van der Waals surface area contributed by atoms with Crippen molar-refractivity contribution < 1.29 is 0 Å². The van der Waals surface area contributed by atoms with Crippen LogP contribution in [0.1, 0.15) is 23.1 Å². The van der Waals surface area contributed by atoms with Crippen molar-refractivity contribution in [1.29, 1.82) is 0 Å². The maximum absolute atomic E-state index is 6.13. The van der Waals surface area contributed by atoms with Crippen LogP contribution in [0.5, 0.6) is 0 Å². The molecular weight excluding hydrogens is 246 g/mol. The molecule has 0 aliphatic heterocycles. The van der Waals surface area contributed by atoms with Crippen LogP contribution >= 0.6 is 0 Å². The SMILES string of the molecule is Cc1ccc2c(c1)nc(N)n2-c1ccc2c(c1)CCC2. The number of fused-ring (bicyclic) bond motifs is 2. The van der Waals surface area contributed by atoms with E-state index in [4.69, 9.17) is 5.73 Å². The molecule has 1 aromatic heterocycles. The van der Waals surface area contributed by atoms with Crippen LogP contribution in [0.4, 0.5) is 5.95 Å². The fourth-order valence-electron chi connectivity index (χ4n) is 3.18. The van der Waals surface area contributed by atoms with E-state index in [1.807, 2.05) is 4.57 Å². The summed E-state index contributed by atoms with van der Waals surface area (Å²) >= 11 is 0. The molecule has 0 spiro atoms. The average Bonchev–Trinajstić information content (AvgIpc) is 3.00. The number of hydrogen-bond donors (Lipinski definition) is 1. The second-order valence-corrected chi connectivity index (χ2v) is 5.60. The number of aromatic nitrogens is 2. The molecule has 0 amide bonds. The van der Waals surface area contributed by atoms with Crippen LogP contribution in [-0.2, 0) is 12.8 Å². The van der Waals surface area contributed by atoms with Crippen molar-refractivity contribution in [3.05, 3.63) is 53.1 Å². The molecule has 4 rings (SSSR count). The van der Waals surface area contributed by atoms with Gasteiger partial charge in [-0.25, -0.2) is 4.98 Å². The smallest absolute Gasteiger partial charge is 0.205 e. The summed E-state index contributed by atoms with van der Waals surface area (Å²) in [5, 5.41) is 0. The van der Waals surface area contributed by atoms with E-state index >= 15 is 0 Å². The van der Waals surface area contributed by atoms with Crippen LogP contribution in [0.3, 0.4) is 0 Å². The highest BCUT2D eigenvalue weighted by Gasteiger charge is 2.14. The van der Waals surface area contributed by atoms with E-state index in [0.717, 1.165) is 16.7 Å². The summed E-state index contributed by atoms with van der Waals surface area (Å²) < 4.78 is 2.05. The van der Waals surface area contributed by atoms with Crippen molar-refractivity contribution in [3.8, 4) is 5.69 Å². The molecule has 0 radical (unpaired) electrons. The van der Waals surface area contributed by atoms with Gasteiger partial charge in [0, 0.05) is 5.69 Å². The van der Waals surface area contributed by atoms with Gasteiger partial charge in [0.1, 0.15) is 0 Å². The van der Waals surface area contributed by atoms with Crippen molar-refractivity contribution in [1.82, 2.24) is 9.55 Å². The Morgan fingerprint density at radius 2 is 1.90 bits per heavy atom. The second kappa shape index (κ2) is 4.10. The standard InChI is InChI=1S/C17H17N3/c1-11-5-8-16-15(9-11)19-17(18)20(16)14-7-6-12-3-2-4-13(12)10-14/h5-10H,2-4H2,1H3,(H2,18,19). The lowest BCUT2D eigenvalue weighted by molar-refractivity contribution is 0.911. The first-order valence-electron chi connectivity index (χ1n) is 7.09. The number of anilines is 1. The molecule has 1 heterocycles. The fourth-order valence-corrected chi connectivity index (χ4v) is 3.18. The molecule has 3 nitrogen and oxygen atoms in total. The zero-order valence-corrected chi connectivity index (χ0v) is 11.6. The van der Waals surface area contributed by atoms with Gasteiger partial charge in [-0.2, -0.15) is 0 Å². The maximum Gasteiger partial charge on any atom is 0.205 e.